The fourth-order valence-electron chi connectivity index (χ4n) is 6.46. The molecule has 0 unspecified atom stereocenters. The summed E-state index contributed by atoms with van der Waals surface area (Å²) in [5.41, 5.74) is 8.80. The zero-order chi connectivity index (χ0) is 17.8. The summed E-state index contributed by atoms with van der Waals surface area (Å²) in [6.07, 6.45) is 5.74. The SMILES string of the molecule is O=C1C=C[C@]2(CO2)[C@H]2CC3=C(C[C@@H]12)C1c2ccccc2C3c2ccccc21. The monoisotopic (exact) mass is 352 g/mol. The number of carbonyl (C=O) groups is 1. The van der Waals surface area contributed by atoms with Gasteiger partial charge in [-0.2, -0.15) is 0 Å². The molecule has 2 aromatic carbocycles. The Labute approximate surface area is 158 Å². The summed E-state index contributed by atoms with van der Waals surface area (Å²) in [6, 6.07) is 17.9. The van der Waals surface area contributed by atoms with Crippen molar-refractivity contribution in [1.82, 2.24) is 0 Å². The van der Waals surface area contributed by atoms with E-state index in [1.54, 1.807) is 11.6 Å². The average Bonchev–Trinajstić information content (AvgIpc) is 3.50. The molecule has 0 amide bonds. The summed E-state index contributed by atoms with van der Waals surface area (Å²) in [5.74, 6) is 1.39. The number of allylic oxidation sites excluding steroid dienone is 3. The highest BCUT2D eigenvalue weighted by Gasteiger charge is 2.59. The molecule has 6 aliphatic rings. The van der Waals surface area contributed by atoms with Crippen molar-refractivity contribution in [2.75, 3.05) is 6.61 Å². The topological polar surface area (TPSA) is 29.6 Å². The molecule has 1 spiro atoms. The predicted octanol–water partition coefficient (Wildman–Crippen LogP) is 4.51. The molecule has 1 heterocycles. The van der Waals surface area contributed by atoms with Gasteiger partial charge < -0.3 is 4.74 Å². The molecule has 5 aliphatic carbocycles. The van der Waals surface area contributed by atoms with Crippen LogP contribution in [0.4, 0.5) is 0 Å². The Morgan fingerprint density at radius 3 is 1.85 bits per heavy atom. The van der Waals surface area contributed by atoms with Gasteiger partial charge in [0.2, 0.25) is 0 Å². The van der Waals surface area contributed by atoms with Crippen molar-refractivity contribution in [2.45, 2.75) is 30.3 Å². The van der Waals surface area contributed by atoms with E-state index in [2.05, 4.69) is 48.5 Å². The lowest BCUT2D eigenvalue weighted by atomic mass is 9.53. The molecule has 132 valence electrons. The van der Waals surface area contributed by atoms with Crippen LogP contribution in [-0.2, 0) is 9.53 Å². The largest absolute Gasteiger partial charge is 0.365 e. The second-order valence-corrected chi connectivity index (χ2v) is 8.77. The van der Waals surface area contributed by atoms with Crippen LogP contribution in [0.15, 0.2) is 71.8 Å². The van der Waals surface area contributed by atoms with Crippen molar-refractivity contribution in [3.05, 3.63) is 94.1 Å². The van der Waals surface area contributed by atoms with Gasteiger partial charge in [-0.25, -0.2) is 0 Å². The minimum Gasteiger partial charge on any atom is -0.365 e. The average molecular weight is 352 g/mol. The number of ether oxygens (including phenoxy) is 1. The lowest BCUT2D eigenvalue weighted by Gasteiger charge is -2.49. The van der Waals surface area contributed by atoms with Crippen molar-refractivity contribution in [3.8, 4) is 0 Å². The first-order valence-corrected chi connectivity index (χ1v) is 10.0. The van der Waals surface area contributed by atoms with Crippen LogP contribution in [-0.4, -0.2) is 18.0 Å². The number of carbonyl (C=O) groups excluding carboxylic acids is 1. The zero-order valence-electron chi connectivity index (χ0n) is 15.0. The van der Waals surface area contributed by atoms with Crippen molar-refractivity contribution in [2.24, 2.45) is 11.8 Å². The number of hydrogen-bond donors (Lipinski definition) is 0. The third-order valence-corrected chi connectivity index (χ3v) is 7.71. The third kappa shape index (κ3) is 1.69. The summed E-state index contributed by atoms with van der Waals surface area (Å²) in [6.45, 7) is 0.780. The van der Waals surface area contributed by atoms with E-state index in [0.29, 0.717) is 23.5 Å². The minimum atomic E-state index is -0.160. The Morgan fingerprint density at radius 1 is 0.815 bits per heavy atom. The highest BCUT2D eigenvalue weighted by molar-refractivity contribution is 5.94. The summed E-state index contributed by atoms with van der Waals surface area (Å²) in [7, 11) is 0. The van der Waals surface area contributed by atoms with Gasteiger partial charge >= 0.3 is 0 Å². The summed E-state index contributed by atoms with van der Waals surface area (Å²) >= 11 is 0. The molecule has 1 fully saturated rings. The molecule has 2 heteroatoms. The Balaban J connectivity index is 1.45. The van der Waals surface area contributed by atoms with E-state index >= 15 is 0 Å². The number of rotatable bonds is 0. The fraction of sp³-hybridized carbons (Fsp3) is 0.320. The van der Waals surface area contributed by atoms with Gasteiger partial charge in [-0.1, -0.05) is 59.7 Å². The molecule has 1 aliphatic heterocycles. The van der Waals surface area contributed by atoms with Gasteiger partial charge in [-0.15, -0.1) is 0 Å². The molecular formula is C25H20O2. The molecule has 27 heavy (non-hydrogen) atoms. The minimum absolute atomic E-state index is 0.0925. The van der Waals surface area contributed by atoms with E-state index in [-0.39, 0.29) is 11.5 Å². The molecule has 3 atom stereocenters. The molecule has 0 aromatic heterocycles. The van der Waals surface area contributed by atoms with Crippen LogP contribution in [0.25, 0.3) is 0 Å². The predicted molar refractivity (Wildman–Crippen MR) is 103 cm³/mol. The Kier molecular flexibility index (Phi) is 2.53. The van der Waals surface area contributed by atoms with Crippen LogP contribution >= 0.6 is 0 Å². The van der Waals surface area contributed by atoms with E-state index in [1.807, 2.05) is 6.08 Å². The van der Waals surface area contributed by atoms with Gasteiger partial charge in [0.1, 0.15) is 5.60 Å². The second kappa shape index (κ2) is 4.69. The van der Waals surface area contributed by atoms with E-state index < -0.39 is 0 Å². The number of ketones is 1. The van der Waals surface area contributed by atoms with Crippen molar-refractivity contribution in [3.63, 3.8) is 0 Å². The molecular weight excluding hydrogens is 332 g/mol. The van der Waals surface area contributed by atoms with Gasteiger partial charge in [0.25, 0.3) is 0 Å². The van der Waals surface area contributed by atoms with E-state index in [4.69, 9.17) is 4.74 Å². The van der Waals surface area contributed by atoms with Crippen LogP contribution in [0.5, 0.6) is 0 Å². The molecule has 2 bridgehead atoms. The number of fused-ring (bicyclic) bond motifs is 2. The maximum atomic E-state index is 12.8. The molecule has 8 rings (SSSR count). The molecule has 0 N–H and O–H groups in total. The second-order valence-electron chi connectivity index (χ2n) is 8.77. The maximum Gasteiger partial charge on any atom is 0.159 e. The van der Waals surface area contributed by atoms with Crippen LogP contribution in [0, 0.1) is 11.8 Å². The van der Waals surface area contributed by atoms with Crippen LogP contribution < -0.4 is 0 Å². The summed E-state index contributed by atoms with van der Waals surface area (Å²) in [5, 5.41) is 0. The molecule has 1 saturated heterocycles. The highest BCUT2D eigenvalue weighted by Crippen LogP contribution is 2.63. The van der Waals surface area contributed by atoms with Crippen LogP contribution in [0.1, 0.15) is 46.9 Å². The smallest absolute Gasteiger partial charge is 0.159 e. The number of benzene rings is 2. The Bertz CT molecular complexity index is 1040. The third-order valence-electron chi connectivity index (χ3n) is 7.71. The summed E-state index contributed by atoms with van der Waals surface area (Å²) < 4.78 is 5.89. The standard InChI is InChI=1S/C25H20O2/c26-22-9-10-25(13-27-25)21-12-19-18(11-20(21)22)23-14-5-1-3-7-16(14)24(19)17-8-4-2-6-15(17)23/h1-10,20-21,23-24H,11-13H2/t20-,21+,23?,24?,25+/m1/s1. The number of epoxide rings is 1. The highest BCUT2D eigenvalue weighted by atomic mass is 16.6. The summed E-state index contributed by atoms with van der Waals surface area (Å²) in [4.78, 5) is 12.8. The van der Waals surface area contributed by atoms with E-state index in [9.17, 15) is 4.79 Å². The lowest BCUT2D eigenvalue weighted by molar-refractivity contribution is -0.121. The maximum absolute atomic E-state index is 12.8. The van der Waals surface area contributed by atoms with Crippen molar-refractivity contribution >= 4 is 5.78 Å². The van der Waals surface area contributed by atoms with Crippen molar-refractivity contribution < 1.29 is 9.53 Å². The molecule has 2 nitrogen and oxygen atoms in total. The van der Waals surface area contributed by atoms with E-state index in [0.717, 1.165) is 19.4 Å². The Hall–Kier alpha value is -2.45. The first-order valence-electron chi connectivity index (χ1n) is 10.0. The molecule has 0 saturated carbocycles. The fourth-order valence-corrected chi connectivity index (χ4v) is 6.46. The molecule has 2 aromatic rings. The Morgan fingerprint density at radius 2 is 1.33 bits per heavy atom. The normalized spacial score (nSPS) is 37.0. The van der Waals surface area contributed by atoms with Crippen LogP contribution in [0.3, 0.4) is 0 Å². The van der Waals surface area contributed by atoms with Gasteiger partial charge in [0.05, 0.1) is 6.61 Å². The van der Waals surface area contributed by atoms with Crippen LogP contribution in [0.2, 0.25) is 0 Å². The lowest BCUT2D eigenvalue weighted by Crippen LogP contribution is -2.43. The van der Waals surface area contributed by atoms with Gasteiger partial charge in [0, 0.05) is 23.7 Å². The van der Waals surface area contributed by atoms with Gasteiger partial charge in [0.15, 0.2) is 5.78 Å². The number of hydrogen-bond acceptors (Lipinski definition) is 2. The van der Waals surface area contributed by atoms with E-state index in [1.165, 1.54) is 27.8 Å². The first kappa shape index (κ1) is 14.6. The van der Waals surface area contributed by atoms with Crippen molar-refractivity contribution in [1.29, 1.82) is 0 Å². The molecule has 0 radical (unpaired) electrons. The van der Waals surface area contributed by atoms with Gasteiger partial charge in [-0.05, 0) is 47.2 Å². The zero-order valence-corrected chi connectivity index (χ0v) is 15.0. The first-order chi connectivity index (χ1) is 13.3. The van der Waals surface area contributed by atoms with Gasteiger partial charge in [-0.3, -0.25) is 4.79 Å². The quantitative estimate of drug-likeness (QED) is 0.516.